The summed E-state index contributed by atoms with van der Waals surface area (Å²) in [5, 5.41) is 4.83. The van der Waals surface area contributed by atoms with Crippen LogP contribution in [0.4, 0.5) is 11.4 Å². The van der Waals surface area contributed by atoms with Crippen LogP contribution in [-0.4, -0.2) is 13.1 Å². The van der Waals surface area contributed by atoms with Crippen LogP contribution in [0.2, 0.25) is 0 Å². The van der Waals surface area contributed by atoms with E-state index in [2.05, 4.69) is 98.4 Å². The van der Waals surface area contributed by atoms with Crippen molar-refractivity contribution in [3.63, 3.8) is 0 Å². The first kappa shape index (κ1) is 16.4. The number of rotatable bonds is 7. The van der Waals surface area contributed by atoms with E-state index in [0.29, 0.717) is 11.8 Å². The topological polar surface area (TPSA) is 6.48 Å². The molecule has 2 heteroatoms. The van der Waals surface area contributed by atoms with Crippen molar-refractivity contribution < 1.29 is 0 Å². The van der Waals surface area contributed by atoms with Gasteiger partial charge in [-0.2, -0.15) is 0 Å². The first-order chi connectivity index (χ1) is 10.6. The van der Waals surface area contributed by atoms with Crippen LogP contribution in [0.15, 0.2) is 60.7 Å². The molecule has 0 unspecified atom stereocenters. The van der Waals surface area contributed by atoms with Crippen molar-refractivity contribution in [1.82, 2.24) is 0 Å². The Kier molecular flexibility index (Phi) is 5.88. The molecule has 2 rings (SSSR count). The zero-order valence-electron chi connectivity index (χ0n) is 14.2. The van der Waals surface area contributed by atoms with Crippen molar-refractivity contribution in [2.24, 2.45) is 11.8 Å². The normalized spacial score (nSPS) is 11.0. The predicted octanol–water partition coefficient (Wildman–Crippen LogP) is 5.23. The van der Waals surface area contributed by atoms with Crippen molar-refractivity contribution in [1.29, 1.82) is 0 Å². The Morgan fingerprint density at radius 3 is 1.18 bits per heavy atom. The van der Waals surface area contributed by atoms with E-state index in [9.17, 15) is 0 Å². The molecule has 0 spiro atoms. The van der Waals surface area contributed by atoms with Crippen molar-refractivity contribution in [3.8, 4) is 0 Å². The highest BCUT2D eigenvalue weighted by atomic mass is 15.6. The second kappa shape index (κ2) is 7.88. The van der Waals surface area contributed by atoms with E-state index in [0.717, 1.165) is 13.1 Å². The summed E-state index contributed by atoms with van der Waals surface area (Å²) in [5.41, 5.74) is 2.50. The van der Waals surface area contributed by atoms with Crippen molar-refractivity contribution >= 4 is 11.4 Å². The van der Waals surface area contributed by atoms with Crippen molar-refractivity contribution in [2.45, 2.75) is 27.7 Å². The smallest absolute Gasteiger partial charge is 0.0574 e. The molecule has 2 nitrogen and oxygen atoms in total. The van der Waals surface area contributed by atoms with Gasteiger partial charge in [-0.1, -0.05) is 64.1 Å². The molecule has 0 aromatic heterocycles. The van der Waals surface area contributed by atoms with E-state index < -0.39 is 0 Å². The Balaban J connectivity index is 2.39. The van der Waals surface area contributed by atoms with Gasteiger partial charge >= 0.3 is 0 Å². The fourth-order valence-electron chi connectivity index (χ4n) is 2.58. The van der Waals surface area contributed by atoms with Crippen LogP contribution < -0.4 is 10.0 Å². The molecule has 0 fully saturated rings. The zero-order chi connectivity index (χ0) is 15.9. The van der Waals surface area contributed by atoms with Crippen molar-refractivity contribution in [3.05, 3.63) is 60.7 Å². The average Bonchev–Trinajstić information content (AvgIpc) is 2.52. The molecule has 0 aliphatic rings. The van der Waals surface area contributed by atoms with Gasteiger partial charge in [0.1, 0.15) is 0 Å². The number of hydrogen-bond donors (Lipinski definition) is 0. The largest absolute Gasteiger partial charge is 0.285 e. The predicted molar refractivity (Wildman–Crippen MR) is 97.3 cm³/mol. The van der Waals surface area contributed by atoms with E-state index >= 15 is 0 Å². The molecule has 22 heavy (non-hydrogen) atoms. The number of benzene rings is 2. The van der Waals surface area contributed by atoms with Crippen LogP contribution in [0.5, 0.6) is 0 Å². The number of hydrazine groups is 1. The van der Waals surface area contributed by atoms with Crippen LogP contribution in [0.1, 0.15) is 27.7 Å². The molecular formula is C20H28N2. The molecule has 0 amide bonds. The molecule has 0 bridgehead atoms. The van der Waals surface area contributed by atoms with Gasteiger partial charge in [0, 0.05) is 13.1 Å². The second-order valence-corrected chi connectivity index (χ2v) is 6.62. The lowest BCUT2D eigenvalue weighted by atomic mass is 10.1. The minimum atomic E-state index is 0.596. The SMILES string of the molecule is CC(C)CN(c1ccccc1)N(CC(C)C)c1ccccc1. The summed E-state index contributed by atoms with van der Waals surface area (Å²) in [6, 6.07) is 21.4. The quantitative estimate of drug-likeness (QED) is 0.646. The average molecular weight is 296 g/mol. The van der Waals surface area contributed by atoms with Gasteiger partial charge in [0.25, 0.3) is 0 Å². The highest BCUT2D eigenvalue weighted by molar-refractivity contribution is 5.57. The van der Waals surface area contributed by atoms with Gasteiger partial charge in [0.15, 0.2) is 0 Å². The number of hydrogen-bond acceptors (Lipinski definition) is 2. The number of nitrogens with zero attached hydrogens (tertiary/aromatic N) is 2. The molecule has 2 aromatic carbocycles. The fraction of sp³-hybridized carbons (Fsp3) is 0.400. The van der Waals surface area contributed by atoms with Gasteiger partial charge < -0.3 is 0 Å². The molecule has 0 heterocycles. The summed E-state index contributed by atoms with van der Waals surface area (Å²) in [7, 11) is 0. The van der Waals surface area contributed by atoms with Gasteiger partial charge in [-0.05, 0) is 36.1 Å². The molecule has 118 valence electrons. The Morgan fingerprint density at radius 2 is 0.909 bits per heavy atom. The Bertz CT molecular complexity index is 483. The monoisotopic (exact) mass is 296 g/mol. The number of anilines is 2. The summed E-state index contributed by atoms with van der Waals surface area (Å²) in [6.45, 7) is 11.1. The van der Waals surface area contributed by atoms with Gasteiger partial charge in [0.2, 0.25) is 0 Å². The van der Waals surface area contributed by atoms with E-state index in [1.165, 1.54) is 11.4 Å². The van der Waals surface area contributed by atoms with Gasteiger partial charge in [-0.3, -0.25) is 10.0 Å². The molecule has 0 saturated heterocycles. The molecule has 2 aromatic rings. The molecular weight excluding hydrogens is 268 g/mol. The van der Waals surface area contributed by atoms with Gasteiger partial charge in [0.05, 0.1) is 11.4 Å². The van der Waals surface area contributed by atoms with Crippen LogP contribution >= 0.6 is 0 Å². The third kappa shape index (κ3) is 4.52. The first-order valence-corrected chi connectivity index (χ1v) is 8.23. The summed E-state index contributed by atoms with van der Waals surface area (Å²) < 4.78 is 0. The highest BCUT2D eigenvalue weighted by Crippen LogP contribution is 2.24. The lowest BCUT2D eigenvalue weighted by molar-refractivity contribution is 0.544. The molecule has 0 N–H and O–H groups in total. The van der Waals surface area contributed by atoms with E-state index in [-0.39, 0.29) is 0 Å². The summed E-state index contributed by atoms with van der Waals surface area (Å²) >= 11 is 0. The van der Waals surface area contributed by atoms with E-state index in [1.54, 1.807) is 0 Å². The summed E-state index contributed by atoms with van der Waals surface area (Å²) in [5.74, 6) is 1.19. The Morgan fingerprint density at radius 1 is 0.591 bits per heavy atom. The third-order valence-corrected chi connectivity index (χ3v) is 3.48. The maximum absolute atomic E-state index is 2.42. The second-order valence-electron chi connectivity index (χ2n) is 6.62. The van der Waals surface area contributed by atoms with Crippen LogP contribution in [0, 0.1) is 11.8 Å². The molecule has 0 aliphatic carbocycles. The highest BCUT2D eigenvalue weighted by Gasteiger charge is 2.19. The lowest BCUT2D eigenvalue weighted by Crippen LogP contribution is -2.47. The maximum Gasteiger partial charge on any atom is 0.0574 e. The van der Waals surface area contributed by atoms with Gasteiger partial charge in [-0.15, -0.1) is 0 Å². The summed E-state index contributed by atoms with van der Waals surface area (Å²) in [4.78, 5) is 0. The Hall–Kier alpha value is -1.96. The van der Waals surface area contributed by atoms with E-state index in [1.807, 2.05) is 0 Å². The van der Waals surface area contributed by atoms with Crippen molar-refractivity contribution in [2.75, 3.05) is 23.1 Å². The lowest BCUT2D eigenvalue weighted by Gasteiger charge is -2.40. The first-order valence-electron chi connectivity index (χ1n) is 8.23. The standard InChI is InChI=1S/C20H28N2/c1-17(2)15-21(19-11-7-5-8-12-19)22(16-18(3)4)20-13-9-6-10-14-20/h5-14,17-18H,15-16H2,1-4H3. The minimum Gasteiger partial charge on any atom is -0.285 e. The number of para-hydroxylation sites is 2. The minimum absolute atomic E-state index is 0.596. The van der Waals surface area contributed by atoms with Gasteiger partial charge in [-0.25, -0.2) is 0 Å². The maximum atomic E-state index is 2.42. The molecule has 0 saturated carbocycles. The molecule has 0 atom stereocenters. The Labute approximate surface area is 135 Å². The van der Waals surface area contributed by atoms with Crippen LogP contribution in [0.25, 0.3) is 0 Å². The van der Waals surface area contributed by atoms with Crippen LogP contribution in [0.3, 0.4) is 0 Å². The van der Waals surface area contributed by atoms with Crippen LogP contribution in [-0.2, 0) is 0 Å². The molecule has 0 radical (unpaired) electrons. The third-order valence-electron chi connectivity index (χ3n) is 3.48. The molecule has 0 aliphatic heterocycles. The zero-order valence-corrected chi connectivity index (χ0v) is 14.2. The summed E-state index contributed by atoms with van der Waals surface area (Å²) in [6.07, 6.45) is 0. The van der Waals surface area contributed by atoms with E-state index in [4.69, 9.17) is 0 Å². The fourth-order valence-corrected chi connectivity index (χ4v) is 2.58.